The van der Waals surface area contributed by atoms with Crippen molar-refractivity contribution in [1.29, 1.82) is 0 Å². The average molecular weight is 300 g/mol. The van der Waals surface area contributed by atoms with Gasteiger partial charge < -0.3 is 19.7 Å². The number of likely N-dealkylation sites (tertiary alicyclic amines) is 1. The van der Waals surface area contributed by atoms with E-state index in [1.165, 1.54) is 16.5 Å². The number of aliphatic hydroxyl groups is 1. The summed E-state index contributed by atoms with van der Waals surface area (Å²) in [5.74, 6) is 0.495. The van der Waals surface area contributed by atoms with E-state index in [0.717, 1.165) is 45.7 Å². The number of aliphatic hydroxyl groups excluding tert-OH is 1. The molecule has 4 nitrogen and oxygen atoms in total. The molecule has 4 rings (SSSR count). The fourth-order valence-corrected chi connectivity index (χ4v) is 4.20. The first kappa shape index (κ1) is 14.2. The lowest BCUT2D eigenvalue weighted by atomic mass is 9.75. The van der Waals surface area contributed by atoms with Crippen LogP contribution in [0.2, 0.25) is 0 Å². The van der Waals surface area contributed by atoms with E-state index in [2.05, 4.69) is 40.3 Å². The first-order valence-corrected chi connectivity index (χ1v) is 8.27. The van der Waals surface area contributed by atoms with E-state index in [1.807, 2.05) is 0 Å². The van der Waals surface area contributed by atoms with Gasteiger partial charge in [0, 0.05) is 54.7 Å². The van der Waals surface area contributed by atoms with Crippen LogP contribution in [0.25, 0.3) is 10.9 Å². The number of para-hydroxylation sites is 1. The molecule has 2 aromatic rings. The van der Waals surface area contributed by atoms with Crippen molar-refractivity contribution >= 4 is 10.9 Å². The first-order chi connectivity index (χ1) is 10.8. The van der Waals surface area contributed by atoms with Gasteiger partial charge in [-0.1, -0.05) is 18.2 Å². The quantitative estimate of drug-likeness (QED) is 0.908. The monoisotopic (exact) mass is 300 g/mol. The van der Waals surface area contributed by atoms with Crippen molar-refractivity contribution in [3.05, 3.63) is 36.0 Å². The highest BCUT2D eigenvalue weighted by Crippen LogP contribution is 2.41. The summed E-state index contributed by atoms with van der Waals surface area (Å²) in [5, 5.41) is 11.2. The van der Waals surface area contributed by atoms with E-state index < -0.39 is 0 Å². The number of hydrogen-bond acceptors (Lipinski definition) is 3. The minimum Gasteiger partial charge on any atom is -0.396 e. The van der Waals surface area contributed by atoms with Crippen molar-refractivity contribution in [1.82, 2.24) is 9.88 Å². The van der Waals surface area contributed by atoms with Gasteiger partial charge in [-0.3, -0.25) is 0 Å². The van der Waals surface area contributed by atoms with Gasteiger partial charge in [-0.05, 0) is 24.5 Å². The van der Waals surface area contributed by atoms with E-state index >= 15 is 0 Å². The normalized spacial score (nSPS) is 29.0. The van der Waals surface area contributed by atoms with Gasteiger partial charge in [-0.25, -0.2) is 0 Å². The molecule has 0 amide bonds. The Labute approximate surface area is 131 Å². The zero-order valence-corrected chi connectivity index (χ0v) is 12.9. The van der Waals surface area contributed by atoms with Gasteiger partial charge in [-0.2, -0.15) is 0 Å². The number of H-pyrrole nitrogens is 1. The molecule has 0 saturated carbocycles. The van der Waals surface area contributed by atoms with Gasteiger partial charge in [0.25, 0.3) is 0 Å². The molecule has 3 heterocycles. The number of benzene rings is 1. The summed E-state index contributed by atoms with van der Waals surface area (Å²) < 4.78 is 5.62. The summed E-state index contributed by atoms with van der Waals surface area (Å²) in [6.45, 7) is 5.03. The van der Waals surface area contributed by atoms with Crippen molar-refractivity contribution in [2.24, 2.45) is 11.3 Å². The van der Waals surface area contributed by atoms with Crippen LogP contribution in [0.1, 0.15) is 12.0 Å². The highest BCUT2D eigenvalue weighted by molar-refractivity contribution is 5.83. The number of rotatable bonds is 4. The molecule has 0 aliphatic carbocycles. The van der Waals surface area contributed by atoms with Crippen molar-refractivity contribution in [2.45, 2.75) is 12.8 Å². The summed E-state index contributed by atoms with van der Waals surface area (Å²) >= 11 is 0. The van der Waals surface area contributed by atoms with Crippen molar-refractivity contribution < 1.29 is 9.84 Å². The van der Waals surface area contributed by atoms with Crippen molar-refractivity contribution in [3.63, 3.8) is 0 Å². The molecule has 2 N–H and O–H groups in total. The number of aromatic nitrogens is 1. The lowest BCUT2D eigenvalue weighted by molar-refractivity contribution is -0.0416. The Morgan fingerprint density at radius 2 is 2.27 bits per heavy atom. The Bertz CT molecular complexity index is 653. The van der Waals surface area contributed by atoms with Crippen LogP contribution in [0, 0.1) is 11.3 Å². The molecule has 0 spiro atoms. The fourth-order valence-electron chi connectivity index (χ4n) is 4.20. The van der Waals surface area contributed by atoms with Crippen LogP contribution in [0.15, 0.2) is 30.5 Å². The molecule has 2 saturated heterocycles. The zero-order valence-electron chi connectivity index (χ0n) is 12.9. The minimum atomic E-state index is 0.0818. The SMILES string of the molecule is OC[C@]12CCOC[C@H]1CN(CCc1c[nH]c3ccccc13)C2. The van der Waals surface area contributed by atoms with E-state index in [9.17, 15) is 5.11 Å². The number of fused-ring (bicyclic) bond motifs is 2. The maximum absolute atomic E-state index is 9.88. The summed E-state index contributed by atoms with van der Waals surface area (Å²) in [6.07, 6.45) is 4.19. The van der Waals surface area contributed by atoms with Crippen LogP contribution in [0.3, 0.4) is 0 Å². The predicted molar refractivity (Wildman–Crippen MR) is 86.9 cm³/mol. The van der Waals surface area contributed by atoms with E-state index in [4.69, 9.17) is 4.74 Å². The number of aromatic amines is 1. The van der Waals surface area contributed by atoms with Crippen molar-refractivity contribution in [2.75, 3.05) is 39.5 Å². The zero-order chi connectivity index (χ0) is 15.0. The third-order valence-electron chi connectivity index (χ3n) is 5.63. The van der Waals surface area contributed by atoms with Crippen LogP contribution in [0.4, 0.5) is 0 Å². The predicted octanol–water partition coefficient (Wildman–Crippen LogP) is 2.04. The van der Waals surface area contributed by atoms with Gasteiger partial charge in [0.05, 0.1) is 13.2 Å². The summed E-state index contributed by atoms with van der Waals surface area (Å²) in [7, 11) is 0. The highest BCUT2D eigenvalue weighted by atomic mass is 16.5. The standard InChI is InChI=1S/C18H24N2O2/c21-13-18-6-8-22-11-15(18)10-20(12-18)7-5-14-9-19-17-4-2-1-3-16(14)17/h1-4,9,15,19,21H,5-8,10-13H2/t15-,18-/m1/s1. The second-order valence-corrected chi connectivity index (χ2v) is 6.89. The molecule has 0 radical (unpaired) electrons. The van der Waals surface area contributed by atoms with Crippen LogP contribution in [0.5, 0.6) is 0 Å². The topological polar surface area (TPSA) is 48.5 Å². The van der Waals surface area contributed by atoms with Gasteiger partial charge in [0.15, 0.2) is 0 Å². The summed E-state index contributed by atoms with van der Waals surface area (Å²) in [5.41, 5.74) is 2.69. The Hall–Kier alpha value is -1.36. The molecule has 1 aromatic heterocycles. The molecule has 2 aliphatic heterocycles. The van der Waals surface area contributed by atoms with E-state index in [1.54, 1.807) is 0 Å². The molecule has 2 fully saturated rings. The van der Waals surface area contributed by atoms with Crippen LogP contribution < -0.4 is 0 Å². The highest BCUT2D eigenvalue weighted by Gasteiger charge is 2.47. The van der Waals surface area contributed by atoms with Gasteiger partial charge in [0.2, 0.25) is 0 Å². The van der Waals surface area contributed by atoms with Crippen LogP contribution in [-0.2, 0) is 11.2 Å². The van der Waals surface area contributed by atoms with Gasteiger partial charge >= 0.3 is 0 Å². The maximum Gasteiger partial charge on any atom is 0.0513 e. The Morgan fingerprint density at radius 3 is 3.14 bits per heavy atom. The molecule has 4 heteroatoms. The van der Waals surface area contributed by atoms with Crippen LogP contribution >= 0.6 is 0 Å². The molecule has 118 valence electrons. The third-order valence-corrected chi connectivity index (χ3v) is 5.63. The number of nitrogens with zero attached hydrogens (tertiary/aromatic N) is 1. The number of nitrogens with one attached hydrogen (secondary N) is 1. The minimum absolute atomic E-state index is 0.0818. The number of hydrogen-bond donors (Lipinski definition) is 2. The molecule has 2 atom stereocenters. The summed E-state index contributed by atoms with van der Waals surface area (Å²) in [6, 6.07) is 8.48. The maximum atomic E-state index is 9.88. The molecule has 22 heavy (non-hydrogen) atoms. The first-order valence-electron chi connectivity index (χ1n) is 8.27. The number of ether oxygens (including phenoxy) is 1. The second-order valence-electron chi connectivity index (χ2n) is 6.89. The van der Waals surface area contributed by atoms with Gasteiger partial charge in [-0.15, -0.1) is 0 Å². The Balaban J connectivity index is 1.44. The smallest absolute Gasteiger partial charge is 0.0513 e. The molecule has 0 bridgehead atoms. The third kappa shape index (κ3) is 2.35. The summed E-state index contributed by atoms with van der Waals surface area (Å²) in [4.78, 5) is 5.86. The van der Waals surface area contributed by atoms with E-state index in [-0.39, 0.29) is 5.41 Å². The second kappa shape index (κ2) is 5.69. The molecule has 2 aliphatic rings. The van der Waals surface area contributed by atoms with Gasteiger partial charge in [0.1, 0.15) is 0 Å². The van der Waals surface area contributed by atoms with Crippen molar-refractivity contribution in [3.8, 4) is 0 Å². The molecular weight excluding hydrogens is 276 g/mol. The largest absolute Gasteiger partial charge is 0.396 e. The molecular formula is C18H24N2O2. The van der Waals surface area contributed by atoms with E-state index in [0.29, 0.717) is 12.5 Å². The molecule has 1 aromatic carbocycles. The van der Waals surface area contributed by atoms with Crippen LogP contribution in [-0.4, -0.2) is 54.4 Å². The lowest BCUT2D eigenvalue weighted by Gasteiger charge is -2.36. The lowest BCUT2D eigenvalue weighted by Crippen LogP contribution is -2.41. The Kier molecular flexibility index (Phi) is 3.68. The average Bonchev–Trinajstić information content (AvgIpc) is 3.14. The molecule has 0 unspecified atom stereocenters. The fraction of sp³-hybridized carbons (Fsp3) is 0.556. The Morgan fingerprint density at radius 1 is 1.36 bits per heavy atom.